The molecule has 158 valence electrons. The van der Waals surface area contributed by atoms with Gasteiger partial charge in [0.2, 0.25) is 11.0 Å². The molecule has 1 aliphatic rings. The van der Waals surface area contributed by atoms with Crippen LogP contribution in [0.2, 0.25) is 0 Å². The number of fused-ring (bicyclic) bond motifs is 1. The quantitative estimate of drug-likeness (QED) is 0.753. The molecule has 0 aliphatic carbocycles. The van der Waals surface area contributed by atoms with Gasteiger partial charge >= 0.3 is 6.36 Å². The van der Waals surface area contributed by atoms with Crippen LogP contribution in [0.15, 0.2) is 36.5 Å². The molecule has 10 heteroatoms. The third kappa shape index (κ3) is 4.53. The lowest BCUT2D eigenvalue weighted by Crippen LogP contribution is -2.97. The molecule has 2 aromatic rings. The van der Waals surface area contributed by atoms with Crippen molar-refractivity contribution in [1.82, 2.24) is 4.98 Å². The van der Waals surface area contributed by atoms with Crippen LogP contribution in [0.4, 0.5) is 17.6 Å². The number of aromatic nitrogens is 1. The van der Waals surface area contributed by atoms with Crippen molar-refractivity contribution in [3.05, 3.63) is 53.6 Å². The number of halogens is 4. The molecule has 1 aromatic carbocycles. The molecule has 0 saturated carbocycles. The minimum absolute atomic E-state index is 0.249. The molecule has 1 aliphatic heterocycles. The van der Waals surface area contributed by atoms with Crippen LogP contribution < -0.4 is 14.2 Å². The molecule has 0 unspecified atom stereocenters. The average Bonchev–Trinajstić information content (AvgIpc) is 2.61. The number of pyridine rings is 1. The van der Waals surface area contributed by atoms with Crippen LogP contribution in [-0.4, -0.2) is 26.9 Å². The summed E-state index contributed by atoms with van der Waals surface area (Å²) in [5, 5.41) is 0. The van der Waals surface area contributed by atoms with Gasteiger partial charge in [-0.15, -0.1) is 13.2 Å². The van der Waals surface area contributed by atoms with Gasteiger partial charge in [0.15, 0.2) is 17.1 Å². The Morgan fingerprint density at radius 3 is 2.59 bits per heavy atom. The van der Waals surface area contributed by atoms with Crippen molar-refractivity contribution >= 4 is 11.0 Å². The maximum atomic E-state index is 14.5. The number of nitrogens with zero attached hydrogens (tertiary/aromatic N) is 1. The fraction of sp³-hybridized carbons (Fsp3) is 0.421. The van der Waals surface area contributed by atoms with Crippen molar-refractivity contribution in [2.75, 3.05) is 6.61 Å². The highest BCUT2D eigenvalue weighted by molar-refractivity contribution is 7.79. The number of rotatable bonds is 4. The van der Waals surface area contributed by atoms with E-state index in [-0.39, 0.29) is 6.61 Å². The lowest BCUT2D eigenvalue weighted by atomic mass is 9.82. The predicted molar refractivity (Wildman–Crippen MR) is 98.0 cm³/mol. The van der Waals surface area contributed by atoms with E-state index in [0.717, 1.165) is 12.1 Å². The second-order valence-electron chi connectivity index (χ2n) is 7.64. The summed E-state index contributed by atoms with van der Waals surface area (Å²) in [5.74, 6) is -1.64. The second kappa shape index (κ2) is 7.56. The molecule has 0 fully saturated rings. The molecule has 1 aromatic heterocycles. The Kier molecular flexibility index (Phi) is 5.61. The fourth-order valence-electron chi connectivity index (χ4n) is 3.09. The van der Waals surface area contributed by atoms with Crippen LogP contribution in [0.1, 0.15) is 38.4 Å². The summed E-state index contributed by atoms with van der Waals surface area (Å²) >= 11 is 0. The summed E-state index contributed by atoms with van der Waals surface area (Å²) < 4.78 is 75.3. The standard InChI is InChI=1S/C19H20F4N2O3S/c1-17(2,3)29(26)25-18(8-10-27-15-5-4-9-24-16(15)18)12-6-7-14(13(20)11-12)28-19(21,22)23/h4-7,9,11,25H,8,10H2,1-3H3/p+1/t18-,29-/m0/s1. The highest BCUT2D eigenvalue weighted by Crippen LogP contribution is 2.39. The summed E-state index contributed by atoms with van der Waals surface area (Å²) in [6.45, 7) is 5.64. The summed E-state index contributed by atoms with van der Waals surface area (Å²) in [4.78, 5) is 4.37. The lowest BCUT2D eigenvalue weighted by Gasteiger charge is -2.36. The number of hydrogen-bond acceptors (Lipinski definition) is 4. The Hall–Kier alpha value is -2.20. The van der Waals surface area contributed by atoms with Gasteiger partial charge in [0.05, 0.1) is 11.4 Å². The van der Waals surface area contributed by atoms with E-state index in [1.54, 1.807) is 37.6 Å². The van der Waals surface area contributed by atoms with E-state index in [9.17, 15) is 21.8 Å². The molecule has 2 N–H and O–H groups in total. The van der Waals surface area contributed by atoms with Crippen molar-refractivity contribution in [2.45, 2.75) is 43.8 Å². The smallest absolute Gasteiger partial charge is 0.491 e. The van der Waals surface area contributed by atoms with Crippen molar-refractivity contribution in [3.63, 3.8) is 0 Å². The van der Waals surface area contributed by atoms with Crippen molar-refractivity contribution in [3.8, 4) is 11.5 Å². The van der Waals surface area contributed by atoms with Gasteiger partial charge < -0.3 is 9.47 Å². The molecule has 0 amide bonds. The van der Waals surface area contributed by atoms with Crippen LogP contribution in [0.25, 0.3) is 0 Å². The topological polar surface area (TPSA) is 65.0 Å². The highest BCUT2D eigenvalue weighted by Gasteiger charge is 2.48. The summed E-state index contributed by atoms with van der Waals surface area (Å²) in [7, 11) is -1.46. The number of nitrogens with two attached hydrogens (primary N) is 1. The summed E-state index contributed by atoms with van der Waals surface area (Å²) in [5.41, 5.74) is -0.331. The van der Waals surface area contributed by atoms with Crippen LogP contribution in [0.5, 0.6) is 11.5 Å². The van der Waals surface area contributed by atoms with E-state index >= 15 is 0 Å². The van der Waals surface area contributed by atoms with Crippen LogP contribution in [-0.2, 0) is 16.5 Å². The molecule has 3 rings (SSSR count). The predicted octanol–water partition coefficient (Wildman–Crippen LogP) is 3.17. The largest absolute Gasteiger partial charge is 0.573 e. The Balaban J connectivity index is 2.13. The highest BCUT2D eigenvalue weighted by atomic mass is 32.2. The van der Waals surface area contributed by atoms with Gasteiger partial charge in [-0.2, -0.15) is 4.21 Å². The number of quaternary nitrogens is 1. The van der Waals surface area contributed by atoms with Gasteiger partial charge in [-0.3, -0.25) is 4.98 Å². The minimum Gasteiger partial charge on any atom is -0.491 e. The van der Waals surface area contributed by atoms with E-state index in [4.69, 9.17) is 4.74 Å². The molecule has 0 spiro atoms. The molecular weight excluding hydrogens is 412 g/mol. The monoisotopic (exact) mass is 433 g/mol. The Bertz CT molecular complexity index is 930. The molecule has 5 nitrogen and oxygen atoms in total. The Morgan fingerprint density at radius 2 is 1.97 bits per heavy atom. The van der Waals surface area contributed by atoms with Gasteiger partial charge in [0.1, 0.15) is 11.4 Å². The van der Waals surface area contributed by atoms with Crippen LogP contribution in [0, 0.1) is 5.82 Å². The maximum Gasteiger partial charge on any atom is 0.573 e. The van der Waals surface area contributed by atoms with Crippen molar-refractivity contribution in [1.29, 1.82) is 0 Å². The molecule has 0 radical (unpaired) electrons. The number of alkyl halides is 3. The third-order valence-electron chi connectivity index (χ3n) is 4.53. The molecular formula is C19H21F4N2O3S+. The van der Waals surface area contributed by atoms with Gasteiger partial charge in [0.25, 0.3) is 0 Å². The van der Waals surface area contributed by atoms with Crippen LogP contribution in [0.3, 0.4) is 0 Å². The first-order valence-corrected chi connectivity index (χ1v) is 10.0. The van der Waals surface area contributed by atoms with E-state index in [1.165, 1.54) is 12.3 Å². The van der Waals surface area contributed by atoms with Gasteiger partial charge in [0, 0.05) is 18.2 Å². The number of hydrogen-bond donors (Lipinski definition) is 1. The Morgan fingerprint density at radius 1 is 1.24 bits per heavy atom. The minimum atomic E-state index is -5.01. The zero-order chi connectivity index (χ0) is 21.4. The lowest BCUT2D eigenvalue weighted by molar-refractivity contribution is -0.585. The Labute approximate surface area is 168 Å². The van der Waals surface area contributed by atoms with Crippen molar-refractivity contribution < 1.29 is 36.0 Å². The zero-order valence-electron chi connectivity index (χ0n) is 16.0. The van der Waals surface area contributed by atoms with Crippen LogP contribution >= 0.6 is 0 Å². The van der Waals surface area contributed by atoms with Gasteiger partial charge in [-0.05, 0) is 51.1 Å². The summed E-state index contributed by atoms with van der Waals surface area (Å²) in [6.07, 6.45) is -3.17. The average molecular weight is 433 g/mol. The van der Waals surface area contributed by atoms with Crippen molar-refractivity contribution in [2.24, 2.45) is 0 Å². The van der Waals surface area contributed by atoms with E-state index in [1.807, 2.05) is 0 Å². The first-order valence-electron chi connectivity index (χ1n) is 8.83. The molecule has 0 saturated heterocycles. The fourth-order valence-corrected chi connectivity index (χ4v) is 4.18. The second-order valence-corrected chi connectivity index (χ2v) is 9.70. The van der Waals surface area contributed by atoms with E-state index < -0.39 is 39.2 Å². The SMILES string of the molecule is CC(C)(C)[S@](=O)[NH2+][C@]1(c2ccc(OC(F)(F)F)c(F)c2)CCOc2cccnc21. The van der Waals surface area contributed by atoms with Gasteiger partial charge in [-0.25, -0.2) is 9.11 Å². The summed E-state index contributed by atoms with van der Waals surface area (Å²) in [6, 6.07) is 6.61. The molecule has 2 heterocycles. The van der Waals surface area contributed by atoms with E-state index in [0.29, 0.717) is 23.4 Å². The molecule has 29 heavy (non-hydrogen) atoms. The third-order valence-corrected chi connectivity index (χ3v) is 6.36. The molecule has 0 bridgehead atoms. The maximum absolute atomic E-state index is 14.5. The van der Waals surface area contributed by atoms with Gasteiger partial charge in [-0.1, -0.05) is 0 Å². The first-order chi connectivity index (χ1) is 13.4. The molecule has 2 atom stereocenters. The first kappa shape index (κ1) is 21.5. The number of ether oxygens (including phenoxy) is 2. The number of benzene rings is 1. The van der Waals surface area contributed by atoms with E-state index in [2.05, 4.69) is 9.72 Å². The zero-order valence-corrected chi connectivity index (χ0v) is 16.9. The normalized spacial score (nSPS) is 20.5.